The van der Waals surface area contributed by atoms with E-state index >= 15 is 0 Å². The summed E-state index contributed by atoms with van der Waals surface area (Å²) in [6.07, 6.45) is 6.95. The third kappa shape index (κ3) is 11.3. The molecule has 0 heterocycles. The van der Waals surface area contributed by atoms with E-state index in [2.05, 4.69) is 93.6 Å². The van der Waals surface area contributed by atoms with E-state index in [0.717, 1.165) is 30.0 Å². The van der Waals surface area contributed by atoms with Crippen LogP contribution in [0.3, 0.4) is 0 Å². The SMILES string of the molecule is C/C=C\[C@H](C)/C=C(\C)[C@@H](O[Si](CC)(CC)CC)[C@@H](CO[Si](C)(C)C(C)(C)C)[C@H](OCc1ccc(OC)c(OC)c1)[C@H](C)C=O. The molecule has 252 valence electrons. The zero-order chi connectivity index (χ0) is 33.7. The molecule has 0 aromatic heterocycles. The lowest BCUT2D eigenvalue weighted by Gasteiger charge is -2.44. The van der Waals surface area contributed by atoms with Crippen molar-refractivity contribution in [2.75, 3.05) is 20.8 Å². The molecule has 0 bridgehead atoms. The van der Waals surface area contributed by atoms with Gasteiger partial charge in [-0.2, -0.15) is 0 Å². The Bertz CT molecular complexity index is 1050. The molecule has 6 nitrogen and oxygen atoms in total. The molecule has 1 aromatic carbocycles. The standard InChI is InChI=1S/C36H64O6Si2/c1-15-19-27(5)22-28(6)35(42-44(16-2,17-3)18-4)31(26-41-43(13,14)36(8,9)10)34(29(7)24-37)40-25-30-20-21-32(38-11)33(23-30)39-12/h15,19-24,27,29,31,34-35H,16-18,25-26H2,1-14H3/b19-15-,28-22+/t27-,29+,31-,34+,35+/m0/s1. The van der Waals surface area contributed by atoms with Gasteiger partial charge in [-0.1, -0.05) is 79.7 Å². The smallest absolute Gasteiger partial charge is 0.192 e. The maximum Gasteiger partial charge on any atom is 0.192 e. The average molecular weight is 649 g/mol. The summed E-state index contributed by atoms with van der Waals surface area (Å²) in [5.41, 5.74) is 2.12. The molecule has 0 aliphatic carbocycles. The van der Waals surface area contributed by atoms with Gasteiger partial charge < -0.3 is 27.9 Å². The van der Waals surface area contributed by atoms with Crippen molar-refractivity contribution in [1.82, 2.24) is 0 Å². The van der Waals surface area contributed by atoms with Crippen LogP contribution >= 0.6 is 0 Å². The van der Waals surface area contributed by atoms with Gasteiger partial charge in [0, 0.05) is 18.4 Å². The lowest BCUT2D eigenvalue weighted by Crippen LogP contribution is -2.51. The number of aldehydes is 1. The van der Waals surface area contributed by atoms with Crippen LogP contribution in [0.5, 0.6) is 11.5 Å². The minimum absolute atomic E-state index is 0.0419. The van der Waals surface area contributed by atoms with Gasteiger partial charge in [-0.3, -0.25) is 0 Å². The third-order valence-electron chi connectivity index (χ3n) is 9.66. The molecule has 1 rings (SSSR count). The van der Waals surface area contributed by atoms with Gasteiger partial charge in [0.05, 0.1) is 33.0 Å². The molecule has 0 unspecified atom stereocenters. The number of carbonyl (C=O) groups excluding carboxylic acids is 1. The van der Waals surface area contributed by atoms with Crippen molar-refractivity contribution < 1.29 is 27.9 Å². The Morgan fingerprint density at radius 2 is 1.57 bits per heavy atom. The van der Waals surface area contributed by atoms with E-state index in [1.54, 1.807) is 14.2 Å². The molecule has 8 heteroatoms. The molecule has 5 atom stereocenters. The molecule has 0 radical (unpaired) electrons. The monoisotopic (exact) mass is 648 g/mol. The van der Waals surface area contributed by atoms with Crippen LogP contribution in [0.15, 0.2) is 42.0 Å². The zero-order valence-corrected chi connectivity index (χ0v) is 32.4. The fraction of sp³-hybridized carbons (Fsp3) is 0.694. The molecule has 0 N–H and O–H groups in total. The van der Waals surface area contributed by atoms with Crippen molar-refractivity contribution in [3.63, 3.8) is 0 Å². The predicted octanol–water partition coefficient (Wildman–Crippen LogP) is 9.61. The number of hydrogen-bond donors (Lipinski definition) is 0. The first kappa shape index (κ1) is 40.3. The number of allylic oxidation sites excluding steroid dienone is 3. The number of carbonyl (C=O) groups is 1. The van der Waals surface area contributed by atoms with E-state index in [1.807, 2.05) is 25.1 Å². The Hall–Kier alpha value is -1.72. The van der Waals surface area contributed by atoms with Gasteiger partial charge in [0.25, 0.3) is 0 Å². The molecule has 0 saturated heterocycles. The van der Waals surface area contributed by atoms with E-state index in [4.69, 9.17) is 23.1 Å². The van der Waals surface area contributed by atoms with E-state index in [9.17, 15) is 4.79 Å². The van der Waals surface area contributed by atoms with Crippen molar-refractivity contribution in [2.24, 2.45) is 17.8 Å². The Kier molecular flexibility index (Phi) is 16.9. The molecule has 0 fully saturated rings. The second-order valence-corrected chi connectivity index (χ2v) is 23.3. The van der Waals surface area contributed by atoms with Crippen molar-refractivity contribution in [1.29, 1.82) is 0 Å². The lowest BCUT2D eigenvalue weighted by atomic mass is 9.85. The number of hydrogen-bond acceptors (Lipinski definition) is 6. The van der Waals surface area contributed by atoms with Crippen LogP contribution in [0.25, 0.3) is 0 Å². The van der Waals surface area contributed by atoms with Crippen molar-refractivity contribution in [2.45, 2.75) is 124 Å². The minimum Gasteiger partial charge on any atom is -0.493 e. The molecule has 0 spiro atoms. The van der Waals surface area contributed by atoms with Gasteiger partial charge in [0.2, 0.25) is 0 Å². The topological polar surface area (TPSA) is 63.2 Å². The van der Waals surface area contributed by atoms with Gasteiger partial charge in [-0.05, 0) is 79.3 Å². The summed E-state index contributed by atoms with van der Waals surface area (Å²) >= 11 is 0. The summed E-state index contributed by atoms with van der Waals surface area (Å²) in [6.45, 7) is 27.3. The maximum atomic E-state index is 12.5. The Morgan fingerprint density at radius 3 is 2.05 bits per heavy atom. The summed E-state index contributed by atoms with van der Waals surface area (Å²) in [5, 5.41) is 0.0419. The summed E-state index contributed by atoms with van der Waals surface area (Å²) in [4.78, 5) is 12.5. The average Bonchev–Trinajstić information content (AvgIpc) is 2.99. The highest BCUT2D eigenvalue weighted by atomic mass is 28.4. The predicted molar refractivity (Wildman–Crippen MR) is 190 cm³/mol. The maximum absolute atomic E-state index is 12.5. The fourth-order valence-corrected chi connectivity index (χ4v) is 9.38. The number of methoxy groups -OCH3 is 2. The largest absolute Gasteiger partial charge is 0.493 e. The summed E-state index contributed by atoms with van der Waals surface area (Å²) in [5.74, 6) is 1.02. The molecule has 0 aliphatic rings. The first-order valence-electron chi connectivity index (χ1n) is 16.5. The number of rotatable bonds is 20. The number of ether oxygens (including phenoxy) is 3. The highest BCUT2D eigenvalue weighted by molar-refractivity contribution is 6.74. The van der Waals surface area contributed by atoms with Gasteiger partial charge in [-0.25, -0.2) is 0 Å². The van der Waals surface area contributed by atoms with Crippen LogP contribution in [0.2, 0.25) is 36.3 Å². The molecule has 44 heavy (non-hydrogen) atoms. The highest BCUT2D eigenvalue weighted by Crippen LogP contribution is 2.39. The number of benzene rings is 1. The molecule has 0 aliphatic heterocycles. The molecular weight excluding hydrogens is 585 g/mol. The van der Waals surface area contributed by atoms with Crippen LogP contribution in [0.4, 0.5) is 0 Å². The van der Waals surface area contributed by atoms with Crippen molar-refractivity contribution in [3.05, 3.63) is 47.6 Å². The van der Waals surface area contributed by atoms with E-state index in [0.29, 0.717) is 24.7 Å². The highest BCUT2D eigenvalue weighted by Gasteiger charge is 2.44. The molecule has 0 amide bonds. The normalized spacial score (nSPS) is 16.8. The van der Waals surface area contributed by atoms with E-state index in [1.165, 1.54) is 5.57 Å². The van der Waals surface area contributed by atoms with Crippen LogP contribution < -0.4 is 9.47 Å². The Labute approximate surface area is 272 Å². The fourth-order valence-electron chi connectivity index (χ4n) is 5.44. The van der Waals surface area contributed by atoms with Gasteiger partial charge >= 0.3 is 0 Å². The first-order chi connectivity index (χ1) is 20.6. The van der Waals surface area contributed by atoms with Crippen LogP contribution in [-0.2, 0) is 25.0 Å². The summed E-state index contributed by atoms with van der Waals surface area (Å²) < 4.78 is 32.1. The summed E-state index contributed by atoms with van der Waals surface area (Å²) in [6, 6.07) is 8.90. The quantitative estimate of drug-likeness (QED) is 0.0797. The van der Waals surface area contributed by atoms with E-state index in [-0.39, 0.29) is 28.9 Å². The lowest BCUT2D eigenvalue weighted by molar-refractivity contribution is -0.122. The van der Waals surface area contributed by atoms with Gasteiger partial charge in [-0.15, -0.1) is 0 Å². The van der Waals surface area contributed by atoms with Crippen LogP contribution in [0.1, 0.15) is 74.8 Å². The van der Waals surface area contributed by atoms with Crippen molar-refractivity contribution in [3.8, 4) is 11.5 Å². The zero-order valence-electron chi connectivity index (χ0n) is 30.4. The van der Waals surface area contributed by atoms with Crippen LogP contribution in [-0.4, -0.2) is 56.0 Å². The van der Waals surface area contributed by atoms with Gasteiger partial charge in [0.1, 0.15) is 6.29 Å². The molecule has 0 saturated carbocycles. The minimum atomic E-state index is -2.13. The summed E-state index contributed by atoms with van der Waals surface area (Å²) in [7, 11) is -0.934. The molecular formula is C36H64O6Si2. The van der Waals surface area contributed by atoms with Crippen molar-refractivity contribution >= 4 is 22.9 Å². The van der Waals surface area contributed by atoms with Gasteiger partial charge in [0.15, 0.2) is 28.1 Å². The first-order valence-corrected chi connectivity index (χ1v) is 21.9. The second-order valence-electron chi connectivity index (χ2n) is 13.8. The Morgan fingerprint density at radius 1 is 0.977 bits per heavy atom. The second kappa shape index (κ2) is 18.4. The molecule has 1 aromatic rings. The van der Waals surface area contributed by atoms with Crippen LogP contribution in [0, 0.1) is 17.8 Å². The Balaban J connectivity index is 3.80. The third-order valence-corrected chi connectivity index (χ3v) is 18.8. The van der Waals surface area contributed by atoms with E-state index < -0.39 is 22.7 Å².